The summed E-state index contributed by atoms with van der Waals surface area (Å²) in [4.78, 5) is 0. The molecule has 0 aliphatic rings. The van der Waals surface area contributed by atoms with Gasteiger partial charge in [0.15, 0.2) is 0 Å². The van der Waals surface area contributed by atoms with E-state index in [4.69, 9.17) is 0 Å². The highest BCUT2D eigenvalue weighted by Crippen LogP contribution is 2.30. The summed E-state index contributed by atoms with van der Waals surface area (Å²) >= 11 is 0. The number of aryl methyl sites for hydroxylation is 1. The third kappa shape index (κ3) is 2.28. The summed E-state index contributed by atoms with van der Waals surface area (Å²) in [6.07, 6.45) is 4.76. The van der Waals surface area contributed by atoms with E-state index in [9.17, 15) is 0 Å². The highest BCUT2D eigenvalue weighted by molar-refractivity contribution is 5.96. The minimum atomic E-state index is 1.10. The van der Waals surface area contributed by atoms with Gasteiger partial charge in [0.1, 0.15) is 0 Å². The molecule has 0 aliphatic carbocycles. The van der Waals surface area contributed by atoms with Crippen molar-refractivity contribution in [2.24, 2.45) is 0 Å². The van der Waals surface area contributed by atoms with Crippen molar-refractivity contribution in [1.29, 1.82) is 0 Å². The van der Waals surface area contributed by atoms with Crippen molar-refractivity contribution in [2.45, 2.75) is 26.3 Å². The second-order valence-corrected chi connectivity index (χ2v) is 4.97. The van der Waals surface area contributed by atoms with E-state index in [2.05, 4.69) is 72.3 Å². The van der Waals surface area contributed by atoms with Crippen LogP contribution < -0.4 is 0 Å². The number of rotatable bonds is 4. The van der Waals surface area contributed by atoms with Crippen LogP contribution in [-0.2, 0) is 6.54 Å². The quantitative estimate of drug-likeness (QED) is 0.605. The molecule has 0 bridgehead atoms. The minimum absolute atomic E-state index is 1.10. The van der Waals surface area contributed by atoms with Crippen molar-refractivity contribution < 1.29 is 0 Å². The first-order valence-corrected chi connectivity index (χ1v) is 7.03. The molecule has 0 spiro atoms. The Labute approximate surface area is 114 Å². The number of hydrogen-bond acceptors (Lipinski definition) is 0. The first-order chi connectivity index (χ1) is 9.40. The fourth-order valence-corrected chi connectivity index (χ4v) is 2.61. The van der Waals surface area contributed by atoms with Gasteiger partial charge in [0.2, 0.25) is 0 Å². The molecule has 2 aromatic carbocycles. The molecular weight excluding hydrogens is 230 g/mol. The number of nitrogens with zero attached hydrogens (tertiary/aromatic N) is 1. The van der Waals surface area contributed by atoms with E-state index < -0.39 is 0 Å². The number of unbranched alkanes of at least 4 members (excludes halogenated alkanes) is 1. The Kier molecular flexibility index (Phi) is 3.37. The lowest BCUT2D eigenvalue weighted by Gasteiger charge is -2.02. The smallest absolute Gasteiger partial charge is 0.0486 e. The van der Waals surface area contributed by atoms with E-state index in [1.165, 1.54) is 34.9 Å². The molecular formula is C18H19N. The van der Waals surface area contributed by atoms with Crippen LogP contribution in [0.4, 0.5) is 0 Å². The van der Waals surface area contributed by atoms with Crippen LogP contribution in [-0.4, -0.2) is 4.57 Å². The zero-order chi connectivity index (χ0) is 13.1. The minimum Gasteiger partial charge on any atom is -0.347 e. The highest BCUT2D eigenvalue weighted by atomic mass is 15.0. The van der Waals surface area contributed by atoms with Crippen LogP contribution in [0.5, 0.6) is 0 Å². The third-order valence-corrected chi connectivity index (χ3v) is 3.63. The maximum atomic E-state index is 2.39. The molecule has 0 saturated heterocycles. The van der Waals surface area contributed by atoms with Gasteiger partial charge < -0.3 is 4.57 Å². The molecule has 0 saturated carbocycles. The van der Waals surface area contributed by atoms with Gasteiger partial charge in [-0.1, -0.05) is 61.9 Å². The van der Waals surface area contributed by atoms with Gasteiger partial charge in [-0.2, -0.15) is 0 Å². The van der Waals surface area contributed by atoms with E-state index in [0.29, 0.717) is 0 Å². The average Bonchev–Trinajstić information content (AvgIpc) is 2.85. The van der Waals surface area contributed by atoms with Crippen LogP contribution in [0.2, 0.25) is 0 Å². The Morgan fingerprint density at radius 3 is 2.42 bits per heavy atom. The monoisotopic (exact) mass is 249 g/mol. The molecule has 0 radical (unpaired) electrons. The van der Waals surface area contributed by atoms with Crippen LogP contribution in [0.15, 0.2) is 60.8 Å². The van der Waals surface area contributed by atoms with Crippen LogP contribution in [0, 0.1) is 0 Å². The molecule has 0 atom stereocenters. The van der Waals surface area contributed by atoms with Gasteiger partial charge in [0.25, 0.3) is 0 Å². The lowest BCUT2D eigenvalue weighted by molar-refractivity contribution is 0.650. The molecule has 0 N–H and O–H groups in total. The SMILES string of the molecule is CCCCn1cc(-c2ccccc2)c2ccccc21. The lowest BCUT2D eigenvalue weighted by atomic mass is 10.1. The van der Waals surface area contributed by atoms with Gasteiger partial charge in [0.05, 0.1) is 0 Å². The molecule has 1 nitrogen and oxygen atoms in total. The molecule has 0 unspecified atom stereocenters. The molecule has 0 fully saturated rings. The summed E-state index contributed by atoms with van der Waals surface area (Å²) in [6.45, 7) is 3.34. The Morgan fingerprint density at radius 2 is 1.63 bits per heavy atom. The normalized spacial score (nSPS) is 11.0. The van der Waals surface area contributed by atoms with Crippen molar-refractivity contribution >= 4 is 10.9 Å². The molecule has 1 heterocycles. The second-order valence-electron chi connectivity index (χ2n) is 4.97. The summed E-state index contributed by atoms with van der Waals surface area (Å²) in [6, 6.07) is 19.3. The third-order valence-electron chi connectivity index (χ3n) is 3.63. The van der Waals surface area contributed by atoms with Crippen LogP contribution in [0.25, 0.3) is 22.0 Å². The van der Waals surface area contributed by atoms with Crippen molar-refractivity contribution in [2.75, 3.05) is 0 Å². The second kappa shape index (κ2) is 5.31. The Morgan fingerprint density at radius 1 is 0.895 bits per heavy atom. The maximum Gasteiger partial charge on any atom is 0.0486 e. The summed E-state index contributed by atoms with van der Waals surface area (Å²) in [5.41, 5.74) is 3.98. The average molecular weight is 249 g/mol. The number of fused-ring (bicyclic) bond motifs is 1. The van der Waals surface area contributed by atoms with Gasteiger partial charge in [-0.25, -0.2) is 0 Å². The molecule has 0 aliphatic heterocycles. The first kappa shape index (κ1) is 12.0. The fourth-order valence-electron chi connectivity index (χ4n) is 2.61. The van der Waals surface area contributed by atoms with Crippen molar-refractivity contribution in [3.8, 4) is 11.1 Å². The molecule has 1 aromatic heterocycles. The van der Waals surface area contributed by atoms with E-state index in [1.807, 2.05) is 0 Å². The summed E-state index contributed by atoms with van der Waals surface area (Å²) in [7, 11) is 0. The fraction of sp³-hybridized carbons (Fsp3) is 0.222. The number of hydrogen-bond donors (Lipinski definition) is 0. The van der Waals surface area contributed by atoms with Gasteiger partial charge in [-0.05, 0) is 18.1 Å². The van der Waals surface area contributed by atoms with E-state index in [0.717, 1.165) is 6.54 Å². The van der Waals surface area contributed by atoms with E-state index in [-0.39, 0.29) is 0 Å². The van der Waals surface area contributed by atoms with Crippen molar-refractivity contribution in [3.63, 3.8) is 0 Å². The summed E-state index contributed by atoms with van der Waals surface area (Å²) in [5.74, 6) is 0. The van der Waals surface area contributed by atoms with Gasteiger partial charge in [0, 0.05) is 29.2 Å². The lowest BCUT2D eigenvalue weighted by Crippen LogP contribution is -1.94. The van der Waals surface area contributed by atoms with E-state index >= 15 is 0 Å². The zero-order valence-corrected chi connectivity index (χ0v) is 11.3. The van der Waals surface area contributed by atoms with Gasteiger partial charge >= 0.3 is 0 Å². The van der Waals surface area contributed by atoms with Gasteiger partial charge in [-0.15, -0.1) is 0 Å². The van der Waals surface area contributed by atoms with Crippen LogP contribution >= 0.6 is 0 Å². The standard InChI is InChI=1S/C18H19N/c1-2-3-13-19-14-17(15-9-5-4-6-10-15)16-11-7-8-12-18(16)19/h4-12,14H,2-3,13H2,1H3. The molecule has 1 heteroatoms. The van der Waals surface area contributed by atoms with Crippen LogP contribution in [0.3, 0.4) is 0 Å². The number of para-hydroxylation sites is 1. The summed E-state index contributed by atoms with van der Waals surface area (Å²) in [5, 5.41) is 1.35. The molecule has 96 valence electrons. The van der Waals surface area contributed by atoms with Crippen molar-refractivity contribution in [3.05, 3.63) is 60.8 Å². The Hall–Kier alpha value is -2.02. The predicted octanol–water partition coefficient (Wildman–Crippen LogP) is 5.11. The van der Waals surface area contributed by atoms with E-state index in [1.54, 1.807) is 0 Å². The predicted molar refractivity (Wildman–Crippen MR) is 82.3 cm³/mol. The molecule has 3 rings (SSSR count). The zero-order valence-electron chi connectivity index (χ0n) is 11.3. The maximum absolute atomic E-state index is 2.39. The molecule has 3 aromatic rings. The molecule has 19 heavy (non-hydrogen) atoms. The van der Waals surface area contributed by atoms with Gasteiger partial charge in [-0.3, -0.25) is 0 Å². The topological polar surface area (TPSA) is 4.93 Å². The number of benzene rings is 2. The highest BCUT2D eigenvalue weighted by Gasteiger charge is 2.08. The van der Waals surface area contributed by atoms with Crippen molar-refractivity contribution in [1.82, 2.24) is 4.57 Å². The Bertz CT molecular complexity index is 664. The largest absolute Gasteiger partial charge is 0.347 e. The first-order valence-electron chi connectivity index (χ1n) is 7.03. The summed E-state index contributed by atoms with van der Waals surface area (Å²) < 4.78 is 2.39. The van der Waals surface area contributed by atoms with Crippen LogP contribution in [0.1, 0.15) is 19.8 Å². The number of aromatic nitrogens is 1. The Balaban J connectivity index is 2.15. The molecule has 0 amide bonds.